The highest BCUT2D eigenvalue weighted by Gasteiger charge is 2.40. The van der Waals surface area contributed by atoms with Gasteiger partial charge in [0.2, 0.25) is 0 Å². The topological polar surface area (TPSA) is 79.3 Å². The van der Waals surface area contributed by atoms with E-state index >= 15 is 0 Å². The molecule has 1 aliphatic heterocycles. The van der Waals surface area contributed by atoms with Crippen LogP contribution in [-0.2, 0) is 9.59 Å². The maximum atomic E-state index is 13.3. The number of carbonyl (C=O) groups is 2. The first-order valence-corrected chi connectivity index (χ1v) is 9.41. The van der Waals surface area contributed by atoms with Gasteiger partial charge in [-0.15, -0.1) is 0 Å². The first kappa shape index (κ1) is 21.3. The van der Waals surface area contributed by atoms with E-state index < -0.39 is 17.6 Å². The number of hydrogen-bond acceptors (Lipinski definition) is 6. The monoisotopic (exact) mass is 414 g/mol. The number of carbonyl (C=O) groups excluding carboxylic acids is 2. The van der Waals surface area contributed by atoms with E-state index in [1.807, 2.05) is 0 Å². The summed E-state index contributed by atoms with van der Waals surface area (Å²) in [6.45, 7) is 0.149. The largest absolute Gasteiger partial charge is 0.497 e. The van der Waals surface area contributed by atoms with Crippen molar-refractivity contribution in [2.45, 2.75) is 0 Å². The Bertz CT molecular complexity index is 941. The number of methoxy groups -OCH3 is 1. The Balaban J connectivity index is 1.78. The van der Waals surface area contributed by atoms with E-state index in [1.54, 1.807) is 38.4 Å². The average molecular weight is 414 g/mol. The van der Waals surface area contributed by atoms with Gasteiger partial charge in [0.15, 0.2) is 0 Å². The van der Waals surface area contributed by atoms with Crippen LogP contribution in [0, 0.1) is 5.82 Å². The van der Waals surface area contributed by atoms with E-state index in [0.29, 0.717) is 17.1 Å². The maximum absolute atomic E-state index is 13.3. The number of nitrogens with zero attached hydrogens (tertiary/aromatic N) is 2. The molecule has 0 spiro atoms. The molecule has 1 aliphatic rings. The number of ether oxygens (including phenoxy) is 2. The molecule has 2 aromatic carbocycles. The van der Waals surface area contributed by atoms with Crippen LogP contribution in [-0.4, -0.2) is 67.2 Å². The lowest BCUT2D eigenvalue weighted by atomic mass is 10.0. The smallest absolute Gasteiger partial charge is 0.277 e. The molecule has 3 rings (SSSR count). The van der Waals surface area contributed by atoms with Gasteiger partial charge in [0.1, 0.15) is 29.6 Å². The van der Waals surface area contributed by atoms with Gasteiger partial charge in [-0.25, -0.2) is 4.39 Å². The van der Waals surface area contributed by atoms with Crippen LogP contribution in [0.25, 0.3) is 5.57 Å². The van der Waals surface area contributed by atoms with Gasteiger partial charge in [-0.05, 0) is 42.0 Å². The minimum absolute atomic E-state index is 0.0465. The minimum atomic E-state index is -0.482. The van der Waals surface area contributed by atoms with E-state index in [1.165, 1.54) is 29.2 Å². The summed E-state index contributed by atoms with van der Waals surface area (Å²) in [5.74, 6) is -0.124. The molecule has 0 aromatic heterocycles. The second kappa shape index (κ2) is 9.41. The molecule has 1 heterocycles. The number of rotatable bonds is 9. The number of aliphatic hydroxyl groups is 1. The summed E-state index contributed by atoms with van der Waals surface area (Å²) in [6, 6.07) is 12.3. The second-order valence-electron chi connectivity index (χ2n) is 6.66. The van der Waals surface area contributed by atoms with Gasteiger partial charge in [-0.2, -0.15) is 0 Å². The molecule has 30 heavy (non-hydrogen) atoms. The van der Waals surface area contributed by atoms with Gasteiger partial charge in [0.05, 0.1) is 25.8 Å². The average Bonchev–Trinajstić information content (AvgIpc) is 3.00. The third-order valence-corrected chi connectivity index (χ3v) is 4.74. The Kier molecular flexibility index (Phi) is 6.68. The number of likely N-dealkylation sites (N-methyl/N-ethyl adjacent to an activating group) is 1. The minimum Gasteiger partial charge on any atom is -0.497 e. The molecule has 0 fully saturated rings. The van der Waals surface area contributed by atoms with E-state index in [2.05, 4.69) is 0 Å². The highest BCUT2D eigenvalue weighted by atomic mass is 19.1. The van der Waals surface area contributed by atoms with Crippen LogP contribution in [0.4, 0.5) is 4.39 Å². The van der Waals surface area contributed by atoms with Gasteiger partial charge in [0, 0.05) is 13.6 Å². The Morgan fingerprint density at radius 3 is 2.23 bits per heavy atom. The zero-order valence-corrected chi connectivity index (χ0v) is 16.8. The number of aliphatic hydroxyl groups excluding tert-OH is 1. The predicted octanol–water partition coefficient (Wildman–Crippen LogP) is 1.92. The molecular formula is C22H23FN2O5. The van der Waals surface area contributed by atoms with Crippen molar-refractivity contribution in [3.8, 4) is 11.5 Å². The summed E-state index contributed by atoms with van der Waals surface area (Å²) >= 11 is 0. The van der Waals surface area contributed by atoms with Crippen LogP contribution in [0.5, 0.6) is 11.5 Å². The van der Waals surface area contributed by atoms with Crippen molar-refractivity contribution in [3.05, 3.63) is 65.6 Å². The summed E-state index contributed by atoms with van der Waals surface area (Å²) < 4.78 is 24.1. The van der Waals surface area contributed by atoms with E-state index in [-0.39, 0.29) is 37.6 Å². The third-order valence-electron chi connectivity index (χ3n) is 4.74. The van der Waals surface area contributed by atoms with Crippen molar-refractivity contribution in [1.82, 2.24) is 9.80 Å². The Labute approximate surface area is 173 Å². The molecule has 0 aliphatic carbocycles. The highest BCUT2D eigenvalue weighted by molar-refractivity contribution is 6.35. The second-order valence-corrected chi connectivity index (χ2v) is 6.66. The fourth-order valence-corrected chi connectivity index (χ4v) is 3.19. The quantitative estimate of drug-likeness (QED) is 0.632. The zero-order chi connectivity index (χ0) is 21.7. The van der Waals surface area contributed by atoms with Crippen molar-refractivity contribution >= 4 is 17.4 Å². The highest BCUT2D eigenvalue weighted by Crippen LogP contribution is 2.31. The lowest BCUT2D eigenvalue weighted by molar-refractivity contribution is -0.137. The summed E-state index contributed by atoms with van der Waals surface area (Å²) in [7, 11) is 3.19. The van der Waals surface area contributed by atoms with Gasteiger partial charge in [-0.3, -0.25) is 14.5 Å². The van der Waals surface area contributed by atoms with E-state index in [9.17, 15) is 19.1 Å². The van der Waals surface area contributed by atoms with Crippen LogP contribution in [0.1, 0.15) is 5.56 Å². The Morgan fingerprint density at radius 1 is 1.00 bits per heavy atom. The summed E-state index contributed by atoms with van der Waals surface area (Å²) in [6.07, 6.45) is 0. The lowest BCUT2D eigenvalue weighted by Crippen LogP contribution is -2.37. The first-order valence-electron chi connectivity index (χ1n) is 9.41. The normalized spacial score (nSPS) is 13.8. The molecule has 2 amide bonds. The molecule has 0 atom stereocenters. The number of hydrogen-bond donors (Lipinski definition) is 1. The molecule has 0 unspecified atom stereocenters. The standard InChI is InChI=1S/C22H23FN2O5/c1-24(11-13-26)20-19(15-3-5-16(23)6-4-15)21(27)25(22(20)28)12-14-30-18-9-7-17(29-2)8-10-18/h3-10,26H,11-14H2,1-2H3. The number of amides is 2. The van der Waals surface area contributed by atoms with Crippen LogP contribution < -0.4 is 9.47 Å². The van der Waals surface area contributed by atoms with Crippen molar-refractivity contribution in [2.75, 3.05) is 40.5 Å². The fraction of sp³-hybridized carbons (Fsp3) is 0.273. The molecule has 0 radical (unpaired) electrons. The number of benzene rings is 2. The van der Waals surface area contributed by atoms with E-state index in [0.717, 1.165) is 4.90 Å². The summed E-state index contributed by atoms with van der Waals surface area (Å²) in [4.78, 5) is 28.7. The fourth-order valence-electron chi connectivity index (χ4n) is 3.19. The molecule has 7 nitrogen and oxygen atoms in total. The van der Waals surface area contributed by atoms with Gasteiger partial charge < -0.3 is 19.5 Å². The SMILES string of the molecule is COc1ccc(OCCN2C(=O)C(c3ccc(F)cc3)=C(N(C)CCO)C2=O)cc1. The molecule has 2 aromatic rings. The van der Waals surface area contributed by atoms with Crippen molar-refractivity contribution in [1.29, 1.82) is 0 Å². The van der Waals surface area contributed by atoms with Gasteiger partial charge in [0.25, 0.3) is 11.8 Å². The predicted molar refractivity (Wildman–Crippen MR) is 108 cm³/mol. The van der Waals surface area contributed by atoms with Crippen molar-refractivity contribution in [3.63, 3.8) is 0 Å². The number of imide groups is 1. The molecule has 0 bridgehead atoms. The Morgan fingerprint density at radius 2 is 1.63 bits per heavy atom. The molecule has 1 N–H and O–H groups in total. The molecule has 158 valence electrons. The van der Waals surface area contributed by atoms with E-state index in [4.69, 9.17) is 9.47 Å². The van der Waals surface area contributed by atoms with Crippen molar-refractivity contribution in [2.24, 2.45) is 0 Å². The first-order chi connectivity index (χ1) is 14.5. The van der Waals surface area contributed by atoms with Crippen LogP contribution in [0.15, 0.2) is 54.2 Å². The molecule has 0 saturated heterocycles. The summed E-state index contributed by atoms with van der Waals surface area (Å²) in [5, 5.41) is 9.26. The van der Waals surface area contributed by atoms with Crippen LogP contribution in [0.2, 0.25) is 0 Å². The van der Waals surface area contributed by atoms with Crippen LogP contribution in [0.3, 0.4) is 0 Å². The van der Waals surface area contributed by atoms with Crippen molar-refractivity contribution < 1.29 is 28.6 Å². The maximum Gasteiger partial charge on any atom is 0.277 e. The molecule has 8 heteroatoms. The Hall–Kier alpha value is -3.39. The number of halogens is 1. The molecular weight excluding hydrogens is 391 g/mol. The summed E-state index contributed by atoms with van der Waals surface area (Å²) in [5.41, 5.74) is 0.790. The van der Waals surface area contributed by atoms with Crippen LogP contribution >= 0.6 is 0 Å². The van der Waals surface area contributed by atoms with Gasteiger partial charge >= 0.3 is 0 Å². The molecule has 0 saturated carbocycles. The van der Waals surface area contributed by atoms with Gasteiger partial charge in [-0.1, -0.05) is 12.1 Å². The lowest BCUT2D eigenvalue weighted by Gasteiger charge is -2.20. The zero-order valence-electron chi connectivity index (χ0n) is 16.8. The third kappa shape index (κ3) is 4.44.